The van der Waals surface area contributed by atoms with Crippen LogP contribution in [0, 0.1) is 18.8 Å². The molecule has 23 heavy (non-hydrogen) atoms. The van der Waals surface area contributed by atoms with E-state index in [0.29, 0.717) is 17.5 Å². The molecule has 0 aromatic carbocycles. The minimum Gasteiger partial charge on any atom is -0.340 e. The molecule has 0 radical (unpaired) electrons. The molecule has 4 heterocycles. The van der Waals surface area contributed by atoms with Gasteiger partial charge >= 0.3 is 0 Å². The van der Waals surface area contributed by atoms with Crippen molar-refractivity contribution in [2.45, 2.75) is 6.92 Å². The second kappa shape index (κ2) is 5.61. The molecule has 0 bridgehead atoms. The van der Waals surface area contributed by atoms with Gasteiger partial charge in [0.15, 0.2) is 0 Å². The summed E-state index contributed by atoms with van der Waals surface area (Å²) >= 11 is 0. The Hall–Kier alpha value is -2.50. The number of anilines is 1. The fourth-order valence-electron chi connectivity index (χ4n) is 3.60. The molecule has 0 spiro atoms. The van der Waals surface area contributed by atoms with Crippen LogP contribution in [0.15, 0.2) is 36.7 Å². The molecule has 0 saturated carbocycles. The smallest absolute Gasteiger partial charge is 0.272 e. The normalized spacial score (nSPS) is 23.2. The molecule has 0 aliphatic carbocycles. The maximum Gasteiger partial charge on any atom is 0.272 e. The average molecular weight is 309 g/mol. The zero-order valence-corrected chi connectivity index (χ0v) is 13.1. The lowest BCUT2D eigenvalue weighted by Gasteiger charge is -2.21. The van der Waals surface area contributed by atoms with E-state index in [4.69, 9.17) is 0 Å². The molecule has 6 heteroatoms. The van der Waals surface area contributed by atoms with Gasteiger partial charge in [0.25, 0.3) is 5.91 Å². The molecule has 2 fully saturated rings. The lowest BCUT2D eigenvalue weighted by Crippen LogP contribution is -2.34. The molecule has 2 atom stereocenters. The Morgan fingerprint density at radius 1 is 1.04 bits per heavy atom. The predicted molar refractivity (Wildman–Crippen MR) is 86.1 cm³/mol. The molecule has 2 aliphatic rings. The Bertz CT molecular complexity index is 706. The van der Waals surface area contributed by atoms with E-state index in [0.717, 1.165) is 37.8 Å². The number of nitrogens with zero attached hydrogens (tertiary/aromatic N) is 5. The third kappa shape index (κ3) is 2.65. The highest BCUT2D eigenvalue weighted by molar-refractivity contribution is 5.92. The van der Waals surface area contributed by atoms with Crippen molar-refractivity contribution >= 4 is 11.9 Å². The number of pyridine rings is 1. The molecule has 2 saturated heterocycles. The van der Waals surface area contributed by atoms with E-state index in [1.165, 1.54) is 0 Å². The zero-order chi connectivity index (χ0) is 15.8. The summed E-state index contributed by atoms with van der Waals surface area (Å²) in [5, 5.41) is 0. The van der Waals surface area contributed by atoms with Gasteiger partial charge in [0.1, 0.15) is 5.69 Å². The Morgan fingerprint density at radius 3 is 2.39 bits per heavy atom. The molecule has 0 N–H and O–H groups in total. The van der Waals surface area contributed by atoms with Crippen molar-refractivity contribution < 1.29 is 4.79 Å². The largest absolute Gasteiger partial charge is 0.340 e. The van der Waals surface area contributed by atoms with E-state index in [2.05, 4.69) is 19.9 Å². The standard InChI is InChI=1S/C17H19N5O/c1-12-4-2-5-15(20-12)16(23)21-8-13-10-22(11-14(13)9-21)17-18-6-3-7-19-17/h2-7,13-14H,8-11H2,1H3. The number of carbonyl (C=O) groups is 1. The van der Waals surface area contributed by atoms with Gasteiger partial charge in [-0.2, -0.15) is 0 Å². The number of rotatable bonds is 2. The number of fused-ring (bicyclic) bond motifs is 1. The van der Waals surface area contributed by atoms with Crippen LogP contribution in [-0.2, 0) is 0 Å². The van der Waals surface area contributed by atoms with Crippen LogP contribution in [0.4, 0.5) is 5.95 Å². The highest BCUT2D eigenvalue weighted by Crippen LogP contribution is 2.33. The summed E-state index contributed by atoms with van der Waals surface area (Å²) in [6.45, 7) is 5.33. The topological polar surface area (TPSA) is 62.2 Å². The molecule has 2 unspecified atom stereocenters. The Balaban J connectivity index is 1.43. The first-order chi connectivity index (χ1) is 11.2. The maximum atomic E-state index is 12.6. The van der Waals surface area contributed by atoms with E-state index in [1.54, 1.807) is 18.5 Å². The van der Waals surface area contributed by atoms with Crippen molar-refractivity contribution in [2.24, 2.45) is 11.8 Å². The molecular weight excluding hydrogens is 290 g/mol. The molecular formula is C17H19N5O. The summed E-state index contributed by atoms with van der Waals surface area (Å²) in [7, 11) is 0. The summed E-state index contributed by atoms with van der Waals surface area (Å²) in [4.78, 5) is 29.8. The van der Waals surface area contributed by atoms with Crippen molar-refractivity contribution in [3.05, 3.63) is 48.0 Å². The van der Waals surface area contributed by atoms with Gasteiger partial charge in [0.2, 0.25) is 5.95 Å². The van der Waals surface area contributed by atoms with Gasteiger partial charge in [-0.15, -0.1) is 0 Å². The highest BCUT2D eigenvalue weighted by Gasteiger charge is 2.42. The lowest BCUT2D eigenvalue weighted by atomic mass is 10.0. The van der Waals surface area contributed by atoms with Gasteiger partial charge in [0, 0.05) is 56.1 Å². The third-order valence-corrected chi connectivity index (χ3v) is 4.72. The molecule has 1 amide bonds. The summed E-state index contributed by atoms with van der Waals surface area (Å²) in [6.07, 6.45) is 3.55. The SMILES string of the molecule is Cc1cccc(C(=O)N2CC3CN(c4ncccn4)CC3C2)n1. The van der Waals surface area contributed by atoms with Crippen molar-refractivity contribution in [1.29, 1.82) is 0 Å². The zero-order valence-electron chi connectivity index (χ0n) is 13.1. The summed E-state index contributed by atoms with van der Waals surface area (Å²) in [6, 6.07) is 7.43. The van der Waals surface area contributed by atoms with Crippen LogP contribution in [0.3, 0.4) is 0 Å². The fraction of sp³-hybridized carbons (Fsp3) is 0.412. The Labute approximate surface area is 135 Å². The quantitative estimate of drug-likeness (QED) is 0.839. The van der Waals surface area contributed by atoms with Crippen LogP contribution in [-0.4, -0.2) is 51.9 Å². The molecule has 4 rings (SSSR count). The van der Waals surface area contributed by atoms with Crippen LogP contribution >= 0.6 is 0 Å². The van der Waals surface area contributed by atoms with Gasteiger partial charge in [-0.1, -0.05) is 6.07 Å². The maximum absolute atomic E-state index is 12.6. The number of aryl methyl sites for hydroxylation is 1. The van der Waals surface area contributed by atoms with Crippen LogP contribution in [0.5, 0.6) is 0 Å². The van der Waals surface area contributed by atoms with Crippen LogP contribution in [0.2, 0.25) is 0 Å². The van der Waals surface area contributed by atoms with E-state index < -0.39 is 0 Å². The molecule has 2 aromatic rings. The number of likely N-dealkylation sites (tertiary alicyclic amines) is 1. The van der Waals surface area contributed by atoms with E-state index in [-0.39, 0.29) is 5.91 Å². The monoisotopic (exact) mass is 309 g/mol. The van der Waals surface area contributed by atoms with Gasteiger partial charge in [-0.3, -0.25) is 4.79 Å². The minimum absolute atomic E-state index is 0.0469. The second-order valence-corrected chi connectivity index (χ2v) is 6.35. The first-order valence-electron chi connectivity index (χ1n) is 7.95. The van der Waals surface area contributed by atoms with E-state index in [1.807, 2.05) is 30.0 Å². The Morgan fingerprint density at radius 2 is 1.74 bits per heavy atom. The van der Waals surface area contributed by atoms with E-state index in [9.17, 15) is 4.79 Å². The fourth-order valence-corrected chi connectivity index (χ4v) is 3.60. The van der Waals surface area contributed by atoms with Crippen molar-refractivity contribution in [1.82, 2.24) is 19.9 Å². The summed E-state index contributed by atoms with van der Waals surface area (Å²) < 4.78 is 0. The summed E-state index contributed by atoms with van der Waals surface area (Å²) in [5.41, 5.74) is 1.43. The number of hydrogen-bond acceptors (Lipinski definition) is 5. The average Bonchev–Trinajstić information content (AvgIpc) is 3.14. The summed E-state index contributed by atoms with van der Waals surface area (Å²) in [5.74, 6) is 1.82. The minimum atomic E-state index is 0.0469. The number of hydrogen-bond donors (Lipinski definition) is 0. The number of carbonyl (C=O) groups excluding carboxylic acids is 1. The number of aromatic nitrogens is 3. The van der Waals surface area contributed by atoms with Gasteiger partial charge in [0.05, 0.1) is 0 Å². The molecule has 6 nitrogen and oxygen atoms in total. The first-order valence-corrected chi connectivity index (χ1v) is 7.95. The first kappa shape index (κ1) is 14.1. The van der Waals surface area contributed by atoms with Crippen molar-refractivity contribution in [3.8, 4) is 0 Å². The second-order valence-electron chi connectivity index (χ2n) is 6.35. The molecule has 118 valence electrons. The molecule has 2 aromatic heterocycles. The van der Waals surface area contributed by atoms with E-state index >= 15 is 0 Å². The predicted octanol–water partition coefficient (Wildman–Crippen LogP) is 1.39. The van der Waals surface area contributed by atoms with Crippen LogP contribution in [0.25, 0.3) is 0 Å². The number of amides is 1. The molecule has 2 aliphatic heterocycles. The third-order valence-electron chi connectivity index (χ3n) is 4.72. The Kier molecular flexibility index (Phi) is 3.44. The lowest BCUT2D eigenvalue weighted by molar-refractivity contribution is 0.0776. The van der Waals surface area contributed by atoms with Gasteiger partial charge in [-0.25, -0.2) is 15.0 Å². The van der Waals surface area contributed by atoms with Crippen molar-refractivity contribution in [3.63, 3.8) is 0 Å². The van der Waals surface area contributed by atoms with Crippen LogP contribution in [0.1, 0.15) is 16.2 Å². The van der Waals surface area contributed by atoms with Gasteiger partial charge < -0.3 is 9.80 Å². The van der Waals surface area contributed by atoms with Crippen LogP contribution < -0.4 is 4.90 Å². The highest BCUT2D eigenvalue weighted by atomic mass is 16.2. The van der Waals surface area contributed by atoms with Gasteiger partial charge in [-0.05, 0) is 25.1 Å². The van der Waals surface area contributed by atoms with Crippen molar-refractivity contribution in [2.75, 3.05) is 31.1 Å².